The van der Waals surface area contributed by atoms with Gasteiger partial charge < -0.3 is 10.6 Å². The largest absolute Gasteiger partial charge is 0.354 e. The number of likely N-dealkylation sites (N-methyl/N-ethyl adjacent to an activating group) is 1. The molecule has 1 atom stereocenters. The maximum absolute atomic E-state index is 11.3. The van der Waals surface area contributed by atoms with Gasteiger partial charge in [-0.2, -0.15) is 0 Å². The summed E-state index contributed by atoms with van der Waals surface area (Å²) in [6.45, 7) is 3.16. The van der Waals surface area contributed by atoms with Gasteiger partial charge in [0.25, 0.3) is 0 Å². The standard InChI is InChI=1S/C12H17BrN2OS/c1-9(7-15-12(16)8-14-2)17-11-5-3-10(13)4-6-11/h3-6,9,14H,7-8H2,1-2H3,(H,15,16). The van der Waals surface area contributed by atoms with Gasteiger partial charge in [0.05, 0.1) is 6.54 Å². The smallest absolute Gasteiger partial charge is 0.233 e. The first kappa shape index (κ1) is 14.5. The van der Waals surface area contributed by atoms with Crippen molar-refractivity contribution in [2.24, 2.45) is 0 Å². The summed E-state index contributed by atoms with van der Waals surface area (Å²) in [5.41, 5.74) is 0. The van der Waals surface area contributed by atoms with Gasteiger partial charge in [0.15, 0.2) is 0 Å². The second-order valence-corrected chi connectivity index (χ2v) is 6.14. The Labute approximate surface area is 115 Å². The topological polar surface area (TPSA) is 41.1 Å². The molecular formula is C12H17BrN2OS. The van der Waals surface area contributed by atoms with Gasteiger partial charge >= 0.3 is 0 Å². The summed E-state index contributed by atoms with van der Waals surface area (Å²) in [4.78, 5) is 12.5. The molecule has 1 rings (SSSR count). The van der Waals surface area contributed by atoms with Crippen molar-refractivity contribution in [3.63, 3.8) is 0 Å². The third-order valence-corrected chi connectivity index (χ3v) is 3.72. The average Bonchev–Trinajstić information content (AvgIpc) is 2.30. The van der Waals surface area contributed by atoms with Crippen LogP contribution in [0, 0.1) is 0 Å². The lowest BCUT2D eigenvalue weighted by Gasteiger charge is -2.12. The molecule has 5 heteroatoms. The molecule has 1 unspecified atom stereocenters. The second kappa shape index (κ2) is 7.74. The molecule has 17 heavy (non-hydrogen) atoms. The molecule has 0 saturated heterocycles. The zero-order chi connectivity index (χ0) is 12.7. The van der Waals surface area contributed by atoms with Crippen molar-refractivity contribution < 1.29 is 4.79 Å². The first-order chi connectivity index (χ1) is 8.11. The molecule has 0 saturated carbocycles. The van der Waals surface area contributed by atoms with Crippen molar-refractivity contribution in [3.05, 3.63) is 28.7 Å². The van der Waals surface area contributed by atoms with Crippen LogP contribution in [0.1, 0.15) is 6.92 Å². The number of thioether (sulfide) groups is 1. The van der Waals surface area contributed by atoms with Gasteiger partial charge in [-0.1, -0.05) is 22.9 Å². The predicted octanol–water partition coefficient (Wildman–Crippen LogP) is 2.27. The van der Waals surface area contributed by atoms with Crippen LogP contribution in [0.15, 0.2) is 33.6 Å². The van der Waals surface area contributed by atoms with Crippen LogP contribution in [0.3, 0.4) is 0 Å². The van der Waals surface area contributed by atoms with Crippen LogP contribution in [0.5, 0.6) is 0 Å². The Hall–Kier alpha value is -0.520. The molecule has 1 aromatic rings. The van der Waals surface area contributed by atoms with Crippen molar-refractivity contribution in [1.29, 1.82) is 0 Å². The van der Waals surface area contributed by atoms with Gasteiger partial charge in [0.2, 0.25) is 5.91 Å². The van der Waals surface area contributed by atoms with Crippen LogP contribution in [-0.2, 0) is 4.79 Å². The molecule has 0 aliphatic rings. The molecule has 0 heterocycles. The molecule has 1 amide bonds. The Balaban J connectivity index is 2.31. The number of amides is 1. The van der Waals surface area contributed by atoms with E-state index in [2.05, 4.69) is 45.6 Å². The van der Waals surface area contributed by atoms with Crippen molar-refractivity contribution in [2.45, 2.75) is 17.1 Å². The van der Waals surface area contributed by atoms with Crippen molar-refractivity contribution in [2.75, 3.05) is 20.1 Å². The summed E-state index contributed by atoms with van der Waals surface area (Å²) in [7, 11) is 1.76. The van der Waals surface area contributed by atoms with E-state index in [1.165, 1.54) is 4.90 Å². The second-order valence-electron chi connectivity index (χ2n) is 3.72. The molecule has 1 aromatic carbocycles. The SMILES string of the molecule is CNCC(=O)NCC(C)Sc1ccc(Br)cc1. The third kappa shape index (κ3) is 6.10. The molecule has 3 nitrogen and oxygen atoms in total. The summed E-state index contributed by atoms with van der Waals surface area (Å²) < 4.78 is 1.08. The van der Waals surface area contributed by atoms with Crippen LogP contribution in [0.25, 0.3) is 0 Å². The van der Waals surface area contributed by atoms with Crippen molar-refractivity contribution >= 4 is 33.6 Å². The van der Waals surface area contributed by atoms with E-state index in [0.717, 1.165) is 4.47 Å². The van der Waals surface area contributed by atoms with Gasteiger partial charge in [-0.25, -0.2) is 0 Å². The van der Waals surface area contributed by atoms with E-state index in [0.29, 0.717) is 18.3 Å². The summed E-state index contributed by atoms with van der Waals surface area (Å²) in [6.07, 6.45) is 0. The van der Waals surface area contributed by atoms with E-state index in [4.69, 9.17) is 0 Å². The Bertz CT molecular complexity index is 356. The van der Waals surface area contributed by atoms with E-state index >= 15 is 0 Å². The fraction of sp³-hybridized carbons (Fsp3) is 0.417. The number of hydrogen-bond acceptors (Lipinski definition) is 3. The molecule has 0 aliphatic heterocycles. The van der Waals surface area contributed by atoms with E-state index in [9.17, 15) is 4.79 Å². The molecule has 0 fully saturated rings. The Kier molecular flexibility index (Phi) is 6.62. The zero-order valence-electron chi connectivity index (χ0n) is 10.00. The highest BCUT2D eigenvalue weighted by molar-refractivity contribution is 9.10. The molecule has 0 radical (unpaired) electrons. The molecule has 0 aromatic heterocycles. The summed E-state index contributed by atoms with van der Waals surface area (Å²) in [5, 5.41) is 6.06. The number of halogens is 1. The Morgan fingerprint density at radius 3 is 2.65 bits per heavy atom. The number of rotatable bonds is 6. The van der Waals surface area contributed by atoms with Crippen molar-refractivity contribution in [3.8, 4) is 0 Å². The number of hydrogen-bond donors (Lipinski definition) is 2. The minimum atomic E-state index is 0.0377. The van der Waals surface area contributed by atoms with Crippen molar-refractivity contribution in [1.82, 2.24) is 10.6 Å². The molecular weight excluding hydrogens is 300 g/mol. The molecule has 0 bridgehead atoms. The zero-order valence-corrected chi connectivity index (χ0v) is 12.4. The first-order valence-electron chi connectivity index (χ1n) is 5.45. The fourth-order valence-electron chi connectivity index (χ4n) is 1.27. The minimum Gasteiger partial charge on any atom is -0.354 e. The van der Waals surface area contributed by atoms with E-state index in [1.807, 2.05) is 12.1 Å². The number of benzene rings is 1. The fourth-order valence-corrected chi connectivity index (χ4v) is 2.46. The van der Waals surface area contributed by atoms with Gasteiger partial charge in [0.1, 0.15) is 0 Å². The molecule has 0 spiro atoms. The minimum absolute atomic E-state index is 0.0377. The summed E-state index contributed by atoms with van der Waals surface area (Å²) in [5.74, 6) is 0.0377. The highest BCUT2D eigenvalue weighted by Crippen LogP contribution is 2.24. The highest BCUT2D eigenvalue weighted by Gasteiger charge is 2.06. The third-order valence-electron chi connectivity index (χ3n) is 2.07. The van der Waals surface area contributed by atoms with Crippen LogP contribution in [0.4, 0.5) is 0 Å². The Morgan fingerprint density at radius 1 is 1.41 bits per heavy atom. The summed E-state index contributed by atoms with van der Waals surface area (Å²) >= 11 is 5.16. The monoisotopic (exact) mass is 316 g/mol. The number of carbonyl (C=O) groups is 1. The average molecular weight is 317 g/mol. The van der Waals surface area contributed by atoms with Gasteiger partial charge in [-0.15, -0.1) is 11.8 Å². The number of carbonyl (C=O) groups excluding carboxylic acids is 1. The van der Waals surface area contributed by atoms with Crippen LogP contribution in [0.2, 0.25) is 0 Å². The lowest BCUT2D eigenvalue weighted by molar-refractivity contribution is -0.120. The molecule has 94 valence electrons. The highest BCUT2D eigenvalue weighted by atomic mass is 79.9. The van der Waals surface area contributed by atoms with E-state index in [-0.39, 0.29) is 5.91 Å². The Morgan fingerprint density at radius 2 is 2.06 bits per heavy atom. The van der Waals surface area contributed by atoms with Gasteiger partial charge in [-0.3, -0.25) is 4.79 Å². The lowest BCUT2D eigenvalue weighted by Crippen LogP contribution is -2.35. The van der Waals surface area contributed by atoms with Crippen LogP contribution in [-0.4, -0.2) is 31.3 Å². The first-order valence-corrected chi connectivity index (χ1v) is 7.12. The van der Waals surface area contributed by atoms with E-state index < -0.39 is 0 Å². The maximum atomic E-state index is 11.3. The van der Waals surface area contributed by atoms with Crippen LogP contribution < -0.4 is 10.6 Å². The van der Waals surface area contributed by atoms with Gasteiger partial charge in [-0.05, 0) is 31.3 Å². The quantitative estimate of drug-likeness (QED) is 0.791. The number of nitrogens with one attached hydrogen (secondary N) is 2. The summed E-state index contributed by atoms with van der Waals surface area (Å²) in [6, 6.07) is 8.19. The van der Waals surface area contributed by atoms with E-state index in [1.54, 1.807) is 18.8 Å². The normalized spacial score (nSPS) is 12.2. The van der Waals surface area contributed by atoms with Gasteiger partial charge in [0, 0.05) is 21.2 Å². The lowest BCUT2D eigenvalue weighted by atomic mass is 10.4. The molecule has 0 aliphatic carbocycles. The predicted molar refractivity (Wildman–Crippen MR) is 76.4 cm³/mol. The molecule has 2 N–H and O–H groups in total. The van der Waals surface area contributed by atoms with Crippen LogP contribution >= 0.6 is 27.7 Å². The maximum Gasteiger partial charge on any atom is 0.233 e.